The van der Waals surface area contributed by atoms with E-state index in [0.29, 0.717) is 51.4 Å². The van der Waals surface area contributed by atoms with Crippen molar-refractivity contribution in [2.75, 3.05) is 52.4 Å². The lowest BCUT2D eigenvalue weighted by Crippen LogP contribution is -2.42. The number of hydrogen-bond acceptors (Lipinski definition) is 6. The lowest BCUT2D eigenvalue weighted by Gasteiger charge is -2.32. The molecule has 4 aromatic rings. The van der Waals surface area contributed by atoms with E-state index in [9.17, 15) is 46.3 Å². The van der Waals surface area contributed by atoms with Gasteiger partial charge in [0.15, 0.2) is 0 Å². The molecule has 0 bridgehead atoms. The minimum atomic E-state index is -0.827. The van der Waals surface area contributed by atoms with Crippen LogP contribution >= 0.6 is 0 Å². The number of carbonyl (C=O) groups excluding carboxylic acids is 6. The monoisotopic (exact) mass is 938 g/mol. The lowest BCUT2D eigenvalue weighted by molar-refractivity contribution is -0.141. The Morgan fingerprint density at radius 3 is 0.779 bits per heavy atom. The van der Waals surface area contributed by atoms with Crippen molar-refractivity contribution in [1.82, 2.24) is 31.1 Å². The van der Waals surface area contributed by atoms with Crippen LogP contribution in [0.2, 0.25) is 0 Å². The molecule has 1 saturated carbocycles. The molecule has 3 aliphatic rings. The van der Waals surface area contributed by atoms with E-state index in [-0.39, 0.29) is 111 Å². The van der Waals surface area contributed by atoms with Gasteiger partial charge in [-0.2, -0.15) is 0 Å². The highest BCUT2D eigenvalue weighted by Gasteiger charge is 2.47. The van der Waals surface area contributed by atoms with Crippen LogP contribution in [-0.4, -0.2) is 97.6 Å². The van der Waals surface area contributed by atoms with Gasteiger partial charge in [0, 0.05) is 64.2 Å². The summed E-state index contributed by atoms with van der Waals surface area (Å²) in [7, 11) is 0. The van der Waals surface area contributed by atoms with Crippen molar-refractivity contribution in [2.45, 2.75) is 51.4 Å². The number of hydrogen-bond donors (Lipinski definition) is 4. The second kappa shape index (κ2) is 23.4. The Morgan fingerprint density at radius 2 is 0.574 bits per heavy atom. The molecule has 4 aromatic carbocycles. The lowest BCUT2D eigenvalue weighted by atomic mass is 9.80. The van der Waals surface area contributed by atoms with E-state index in [0.717, 1.165) is 22.3 Å². The molecule has 4 N–H and O–H groups in total. The molecule has 0 spiro atoms. The topological polar surface area (TPSA) is 157 Å². The number of benzene rings is 4. The molecule has 3 unspecified atom stereocenters. The van der Waals surface area contributed by atoms with Crippen molar-refractivity contribution in [2.24, 2.45) is 35.5 Å². The van der Waals surface area contributed by atoms with Gasteiger partial charge in [0.25, 0.3) is 0 Å². The number of carbonyl (C=O) groups is 6. The number of amides is 6. The number of nitrogens with zero attached hydrogens (tertiary/aromatic N) is 2. The molecule has 7 rings (SSSR count). The maximum atomic E-state index is 14.1. The summed E-state index contributed by atoms with van der Waals surface area (Å²) in [5.41, 5.74) is 3.29. The summed E-state index contributed by atoms with van der Waals surface area (Å²) < 4.78 is 53.7. The first kappa shape index (κ1) is 49.3. The van der Waals surface area contributed by atoms with Gasteiger partial charge in [-0.1, -0.05) is 48.5 Å². The van der Waals surface area contributed by atoms with Crippen molar-refractivity contribution >= 4 is 35.4 Å². The van der Waals surface area contributed by atoms with Crippen molar-refractivity contribution in [3.63, 3.8) is 0 Å². The van der Waals surface area contributed by atoms with Crippen LogP contribution in [0.25, 0.3) is 0 Å². The normalized spacial score (nSPS) is 21.2. The third kappa shape index (κ3) is 13.3. The molecule has 6 amide bonds. The first-order chi connectivity index (χ1) is 32.8. The number of likely N-dealkylation sites (tertiary alicyclic amines) is 2. The molecular weight excluding hydrogens is 881 g/mol. The maximum Gasteiger partial charge on any atom is 0.225 e. The van der Waals surface area contributed by atoms with Gasteiger partial charge in [-0.25, -0.2) is 17.6 Å². The van der Waals surface area contributed by atoms with E-state index in [2.05, 4.69) is 21.3 Å². The van der Waals surface area contributed by atoms with Crippen LogP contribution in [0.5, 0.6) is 0 Å². The van der Waals surface area contributed by atoms with Crippen molar-refractivity contribution in [3.05, 3.63) is 143 Å². The fourth-order valence-corrected chi connectivity index (χ4v) is 9.58. The summed E-state index contributed by atoms with van der Waals surface area (Å²) in [5, 5.41) is 11.6. The quantitative estimate of drug-likeness (QED) is 0.104. The zero-order valence-electron chi connectivity index (χ0n) is 37.9. The maximum absolute atomic E-state index is 14.1. The van der Waals surface area contributed by atoms with Gasteiger partial charge in [0.05, 0.1) is 23.7 Å². The summed E-state index contributed by atoms with van der Waals surface area (Å²) in [6, 6.07) is 23.8. The van der Waals surface area contributed by atoms with E-state index in [1.54, 1.807) is 58.3 Å². The highest BCUT2D eigenvalue weighted by molar-refractivity contribution is 5.92. The molecule has 0 radical (unpaired) electrons. The average molecular weight is 939 g/mol. The smallest absolute Gasteiger partial charge is 0.225 e. The van der Waals surface area contributed by atoms with Crippen LogP contribution in [0.3, 0.4) is 0 Å². The van der Waals surface area contributed by atoms with Gasteiger partial charge >= 0.3 is 0 Å². The second-order valence-electron chi connectivity index (χ2n) is 18.1. The Labute approximate surface area is 393 Å². The molecule has 1 aliphatic carbocycles. The van der Waals surface area contributed by atoms with Gasteiger partial charge in [0.1, 0.15) is 23.3 Å². The van der Waals surface area contributed by atoms with Gasteiger partial charge in [-0.05, 0) is 122 Å². The van der Waals surface area contributed by atoms with Crippen LogP contribution in [-0.2, 0) is 54.5 Å². The van der Waals surface area contributed by atoms with E-state index >= 15 is 0 Å². The van der Waals surface area contributed by atoms with Crippen molar-refractivity contribution in [1.29, 1.82) is 0 Å². The highest BCUT2D eigenvalue weighted by Crippen LogP contribution is 2.36. The van der Waals surface area contributed by atoms with Crippen LogP contribution in [0, 0.1) is 58.8 Å². The first-order valence-corrected chi connectivity index (χ1v) is 23.5. The molecule has 3 fully saturated rings. The van der Waals surface area contributed by atoms with Crippen LogP contribution in [0.15, 0.2) is 97.1 Å². The first-order valence-electron chi connectivity index (χ1n) is 23.5. The highest BCUT2D eigenvalue weighted by atomic mass is 19.1. The predicted molar refractivity (Wildman–Crippen MR) is 245 cm³/mol. The predicted octanol–water partition coefficient (Wildman–Crippen LogP) is 4.93. The third-order valence-corrected chi connectivity index (χ3v) is 13.5. The minimum absolute atomic E-state index is 0.0323. The molecule has 16 heteroatoms. The summed E-state index contributed by atoms with van der Waals surface area (Å²) in [5.74, 6) is -7.56. The Hall–Kier alpha value is -6.58. The van der Waals surface area contributed by atoms with Crippen LogP contribution in [0.1, 0.15) is 47.9 Å². The zero-order valence-corrected chi connectivity index (χ0v) is 37.9. The van der Waals surface area contributed by atoms with E-state index < -0.39 is 35.5 Å². The van der Waals surface area contributed by atoms with Gasteiger partial charge in [-0.3, -0.25) is 28.8 Å². The fraction of sp³-hybridized carbons (Fsp3) is 0.423. The Balaban J connectivity index is 0.943. The minimum Gasteiger partial charge on any atom is -0.355 e. The molecule has 0 aromatic heterocycles. The Bertz CT molecular complexity index is 2070. The van der Waals surface area contributed by atoms with Crippen LogP contribution < -0.4 is 21.3 Å². The zero-order chi connectivity index (χ0) is 48.2. The van der Waals surface area contributed by atoms with Gasteiger partial charge < -0.3 is 31.1 Å². The van der Waals surface area contributed by atoms with E-state index in [1.807, 2.05) is 0 Å². The number of nitrogens with one attached hydrogen (secondary N) is 4. The fourth-order valence-electron chi connectivity index (χ4n) is 9.58. The molecular formula is C52H58F4N6O6. The summed E-state index contributed by atoms with van der Waals surface area (Å²) >= 11 is 0. The van der Waals surface area contributed by atoms with E-state index in [1.165, 1.54) is 48.5 Å². The molecule has 68 heavy (non-hydrogen) atoms. The Morgan fingerprint density at radius 1 is 0.368 bits per heavy atom. The molecule has 360 valence electrons. The number of halogens is 4. The number of rotatable bonds is 18. The standard InChI is InChI=1S/C52H58F4N6O6/c53-39-13-1-33(2-14-39)21-25-57-47(63)43-29-61(30-44(43)48(64)58-26-22-34-3-15-40(54)16-4-34)51(67)37-9-11-38(12-10-37)52(68)62-31-45(49(65)59-27-23-35-5-17-41(55)18-6-35)46(32-62)50(66)60-28-24-36-7-19-42(56)20-8-36/h1-8,13-20,37-38,43-46H,9-12,21-32H2,(H,57,63)(H,58,64)(H,59,65)(H,60,66)/t37-,38+,43-,44?,45?,46?/m1/s1. The van der Waals surface area contributed by atoms with Crippen molar-refractivity contribution < 1.29 is 46.3 Å². The molecule has 2 heterocycles. The second-order valence-corrected chi connectivity index (χ2v) is 18.1. The van der Waals surface area contributed by atoms with Crippen molar-refractivity contribution in [3.8, 4) is 0 Å². The summed E-state index contributed by atoms with van der Waals surface area (Å²) in [6.07, 6.45) is 3.33. The largest absolute Gasteiger partial charge is 0.355 e. The van der Waals surface area contributed by atoms with Gasteiger partial charge in [-0.15, -0.1) is 0 Å². The third-order valence-electron chi connectivity index (χ3n) is 13.5. The molecule has 4 atom stereocenters. The Kier molecular flexibility index (Phi) is 17.0. The van der Waals surface area contributed by atoms with E-state index in [4.69, 9.17) is 0 Å². The SMILES string of the molecule is O=C(NCCc1ccc(F)cc1)C1CN(C(=O)[C@H]2CC[C@@H](C(=O)N3CC(C(=O)NCCc4ccc(F)cc4)[C@H](C(=O)NCCc4ccc(F)cc4)C3)CC2)CC1C(=O)NCCc1ccc(F)cc1. The molecule has 2 saturated heterocycles. The summed E-state index contributed by atoms with van der Waals surface area (Å²) in [6.45, 7) is 1.11. The van der Waals surface area contributed by atoms with Gasteiger partial charge in [0.2, 0.25) is 35.4 Å². The molecule has 12 nitrogen and oxygen atoms in total. The summed E-state index contributed by atoms with van der Waals surface area (Å²) in [4.78, 5) is 86.0. The average Bonchev–Trinajstić information content (AvgIpc) is 4.01. The van der Waals surface area contributed by atoms with Crippen LogP contribution in [0.4, 0.5) is 17.6 Å². The molecule has 2 aliphatic heterocycles.